The summed E-state index contributed by atoms with van der Waals surface area (Å²) in [6.07, 6.45) is 9.35. The third-order valence-corrected chi connectivity index (χ3v) is 35.7. The number of hydrogen-bond acceptors (Lipinski definition) is 2. The van der Waals surface area contributed by atoms with Crippen LogP contribution in [-0.2, 0) is 21.7 Å². The van der Waals surface area contributed by atoms with E-state index in [1.807, 2.05) is 0 Å². The molecule has 0 N–H and O–H groups in total. The zero-order valence-corrected chi connectivity index (χ0v) is 80.7. The van der Waals surface area contributed by atoms with E-state index >= 15 is 0 Å². The molecule has 0 aliphatic heterocycles. The van der Waals surface area contributed by atoms with Crippen molar-refractivity contribution in [3.63, 3.8) is 0 Å². The standard InChI is InChI=1S/C144H96N2/c1-2-31-89(32-3-1)90-61-65-94(66-62-90)118-85-124-115-45-16-24-54-133(115)143(129-50-20-12-39-109(129)110-40-13-21-51-130(110)143)135(124)87-138(118)145(98-72-76-128-123(84-98)114-44-11-18-48-126(114)141(128)77-26-27-78-141)97-70-75-108-120-81-96(69-73-106(120)103-36-7-9-38-105(103)122(108)82-97)93-59-57-91(58-60-93)92-63-67-95(68-64-92)119-86-125-116-46-17-25-55-134(116)144(131-52-22-14-41-111(131)112-42-15-23-53-132(112)144)136(125)88-139(119)146(137-56-30-47-117-113-43-10-19-49-127(113)142(140(117)137)79-28-29-80-142)99-71-74-107-102-35-5-4-33-100(102)101-34-6-8-37-104(101)121(107)83-99/h1-25,30-76,81-88H,26-29,77-80H2. The average molecular weight is 1850 g/mol. The van der Waals surface area contributed by atoms with Crippen LogP contribution in [0, 0.1) is 0 Å². The second-order valence-corrected chi connectivity index (χ2v) is 42.3. The minimum Gasteiger partial charge on any atom is -0.310 e. The van der Waals surface area contributed by atoms with Crippen LogP contribution < -0.4 is 9.80 Å². The van der Waals surface area contributed by atoms with Gasteiger partial charge in [-0.15, -0.1) is 0 Å². The lowest BCUT2D eigenvalue weighted by Gasteiger charge is -2.36. The second-order valence-electron chi connectivity index (χ2n) is 42.3. The van der Waals surface area contributed by atoms with Crippen LogP contribution in [0.2, 0.25) is 0 Å². The van der Waals surface area contributed by atoms with E-state index in [4.69, 9.17) is 0 Å². The summed E-state index contributed by atoms with van der Waals surface area (Å²) in [5.41, 5.74) is 49.4. The highest BCUT2D eigenvalue weighted by atomic mass is 15.2. The largest absolute Gasteiger partial charge is 0.310 e. The summed E-state index contributed by atoms with van der Waals surface area (Å²) in [5.74, 6) is 0. The molecule has 682 valence electrons. The Hall–Kier alpha value is -17.6. The monoisotopic (exact) mass is 1850 g/mol. The third kappa shape index (κ3) is 11.2. The van der Waals surface area contributed by atoms with E-state index in [1.54, 1.807) is 0 Å². The van der Waals surface area contributed by atoms with Crippen LogP contribution in [0.5, 0.6) is 0 Å². The molecule has 8 aliphatic carbocycles. The van der Waals surface area contributed by atoms with Crippen molar-refractivity contribution in [2.24, 2.45) is 0 Å². The van der Waals surface area contributed by atoms with Crippen molar-refractivity contribution in [3.05, 3.63) is 552 Å². The highest BCUT2D eigenvalue weighted by Gasteiger charge is 2.56. The van der Waals surface area contributed by atoms with E-state index in [9.17, 15) is 0 Å². The van der Waals surface area contributed by atoms with Gasteiger partial charge in [-0.1, -0.05) is 438 Å². The molecule has 146 heavy (non-hydrogen) atoms. The van der Waals surface area contributed by atoms with Crippen molar-refractivity contribution >= 4 is 98.8 Å². The van der Waals surface area contributed by atoms with Crippen LogP contribution in [0.1, 0.15) is 118 Å². The molecule has 2 fully saturated rings. The first-order chi connectivity index (χ1) is 72.4. The van der Waals surface area contributed by atoms with Gasteiger partial charge in [0, 0.05) is 39.0 Å². The zero-order chi connectivity index (χ0) is 95.4. The van der Waals surface area contributed by atoms with Gasteiger partial charge in [0.15, 0.2) is 0 Å². The minimum atomic E-state index is -0.598. The Morgan fingerprint density at radius 1 is 0.137 bits per heavy atom. The molecule has 0 heterocycles. The van der Waals surface area contributed by atoms with Crippen LogP contribution in [0.25, 0.3) is 187 Å². The predicted molar refractivity (Wildman–Crippen MR) is 610 cm³/mol. The molecule has 4 spiro atoms. The maximum absolute atomic E-state index is 2.74. The Bertz CT molecular complexity index is 9640. The Morgan fingerprint density at radius 2 is 0.411 bits per heavy atom. The molecule has 0 bridgehead atoms. The Labute approximate surface area is 849 Å². The number of benzene rings is 24. The number of fused-ring (bicyclic) bond motifs is 42. The number of anilines is 6. The molecular weight excluding hydrogens is 1760 g/mol. The van der Waals surface area contributed by atoms with Crippen LogP contribution in [0.3, 0.4) is 0 Å². The fourth-order valence-corrected chi connectivity index (χ4v) is 29.7. The first kappa shape index (κ1) is 82.1. The smallest absolute Gasteiger partial charge is 0.0726 e. The van der Waals surface area contributed by atoms with Gasteiger partial charge in [-0.05, 0) is 341 Å². The fraction of sp³-hybridized carbons (Fsp3) is 0.0833. The van der Waals surface area contributed by atoms with E-state index in [-0.39, 0.29) is 10.8 Å². The average Bonchev–Trinajstić information content (AvgIpc) is 1.50. The van der Waals surface area contributed by atoms with Gasteiger partial charge in [-0.3, -0.25) is 0 Å². The van der Waals surface area contributed by atoms with Crippen molar-refractivity contribution in [2.45, 2.75) is 73.0 Å². The Balaban J connectivity index is 0.560. The molecule has 0 radical (unpaired) electrons. The van der Waals surface area contributed by atoms with Crippen molar-refractivity contribution in [2.75, 3.05) is 9.80 Å². The Kier molecular flexibility index (Phi) is 17.4. The van der Waals surface area contributed by atoms with E-state index in [0.29, 0.717) is 0 Å². The zero-order valence-electron chi connectivity index (χ0n) is 80.7. The second kappa shape index (κ2) is 31.0. The summed E-state index contributed by atoms with van der Waals surface area (Å²) < 4.78 is 0. The molecular formula is C144H96N2. The van der Waals surface area contributed by atoms with Crippen LogP contribution in [0.4, 0.5) is 34.1 Å². The van der Waals surface area contributed by atoms with Gasteiger partial charge in [-0.2, -0.15) is 0 Å². The lowest BCUT2D eigenvalue weighted by atomic mass is 9.70. The maximum Gasteiger partial charge on any atom is 0.0726 e. The molecule has 0 unspecified atom stereocenters. The minimum absolute atomic E-state index is 0.00194. The maximum atomic E-state index is 2.74. The highest BCUT2D eigenvalue weighted by Crippen LogP contribution is 2.70. The van der Waals surface area contributed by atoms with Crippen molar-refractivity contribution in [1.82, 2.24) is 0 Å². The molecule has 0 atom stereocenters. The summed E-state index contributed by atoms with van der Waals surface area (Å²) in [5, 5.41) is 14.9. The molecule has 8 aliphatic rings. The first-order valence-corrected chi connectivity index (χ1v) is 52.5. The van der Waals surface area contributed by atoms with Gasteiger partial charge in [0.05, 0.1) is 27.9 Å². The molecule has 32 rings (SSSR count). The molecule has 24 aromatic carbocycles. The van der Waals surface area contributed by atoms with Crippen LogP contribution in [0.15, 0.2) is 485 Å². The summed E-state index contributed by atoms with van der Waals surface area (Å²) >= 11 is 0. The summed E-state index contributed by atoms with van der Waals surface area (Å²) in [7, 11) is 0. The van der Waals surface area contributed by atoms with Crippen LogP contribution in [-0.4, -0.2) is 0 Å². The first-order valence-electron chi connectivity index (χ1n) is 52.5. The topological polar surface area (TPSA) is 6.48 Å². The summed E-state index contributed by atoms with van der Waals surface area (Å²) in [4.78, 5) is 5.40. The number of hydrogen-bond donors (Lipinski definition) is 0. The molecule has 24 aromatic rings. The number of nitrogens with zero attached hydrogens (tertiary/aromatic N) is 2. The summed E-state index contributed by atoms with van der Waals surface area (Å²) in [6, 6.07) is 189. The van der Waals surface area contributed by atoms with Gasteiger partial charge in [0.1, 0.15) is 0 Å². The van der Waals surface area contributed by atoms with Crippen molar-refractivity contribution in [1.29, 1.82) is 0 Å². The highest BCUT2D eigenvalue weighted by molar-refractivity contribution is 6.28. The summed E-state index contributed by atoms with van der Waals surface area (Å²) in [6.45, 7) is 0. The fourth-order valence-electron chi connectivity index (χ4n) is 29.7. The Morgan fingerprint density at radius 3 is 0.856 bits per heavy atom. The van der Waals surface area contributed by atoms with Crippen molar-refractivity contribution < 1.29 is 0 Å². The molecule has 2 nitrogen and oxygen atoms in total. The van der Waals surface area contributed by atoms with E-state index in [2.05, 4.69) is 495 Å². The predicted octanol–water partition coefficient (Wildman–Crippen LogP) is 38.2. The van der Waals surface area contributed by atoms with Crippen molar-refractivity contribution in [3.8, 4) is 122 Å². The lowest BCUT2D eigenvalue weighted by molar-refractivity contribution is 0.550. The quantitative estimate of drug-likeness (QED) is 0.119. The molecule has 0 aromatic heterocycles. The molecule has 2 saturated carbocycles. The van der Waals surface area contributed by atoms with Gasteiger partial charge < -0.3 is 9.80 Å². The third-order valence-electron chi connectivity index (χ3n) is 35.7. The van der Waals surface area contributed by atoms with Gasteiger partial charge in [0.2, 0.25) is 0 Å². The number of rotatable bonds is 11. The SMILES string of the molecule is c1ccc(-c2ccc(-c3cc4c(cc3N(c3ccc5c(c3)-c3ccccc3C53CCCC3)c3ccc5c6cc(-c7ccc(-c8ccc(-c9cc%10c(cc9N(c9ccc%11c%12ccccc%12c%12ccccc%12c%11c9)c9cccc%11c9C9(CCCC9)c9ccccc9-%11)C9(c%11ccccc%11-c%11ccccc%119)c9ccccc9-%10)cc8)cc7)ccc6c6ccccc6c5c3)C3(c5ccccc5-c5ccccc53)c3ccccc3-4)cc2)cc1. The normalized spacial score (nSPS) is 15.0. The molecule has 2 heteroatoms. The lowest BCUT2D eigenvalue weighted by Crippen LogP contribution is -2.27. The van der Waals surface area contributed by atoms with Gasteiger partial charge in [0.25, 0.3) is 0 Å². The van der Waals surface area contributed by atoms with E-state index in [0.717, 1.165) is 76.4 Å². The molecule has 0 saturated heterocycles. The molecule has 0 amide bonds. The van der Waals surface area contributed by atoms with E-state index in [1.165, 1.54) is 263 Å². The van der Waals surface area contributed by atoms with E-state index < -0.39 is 10.8 Å². The van der Waals surface area contributed by atoms with Gasteiger partial charge >= 0.3 is 0 Å². The van der Waals surface area contributed by atoms with Crippen LogP contribution >= 0.6 is 0 Å². The van der Waals surface area contributed by atoms with Gasteiger partial charge in [-0.25, -0.2) is 0 Å².